The number of aromatic amines is 1. The molecule has 2 aromatic rings. The molecule has 18 heavy (non-hydrogen) atoms. The molecule has 1 aromatic heterocycles. The van der Waals surface area contributed by atoms with Crippen LogP contribution in [0.5, 0.6) is 0 Å². The average molecular weight is 250 g/mol. The predicted octanol–water partition coefficient (Wildman–Crippen LogP) is 2.01. The molecule has 2 unspecified atom stereocenters. The van der Waals surface area contributed by atoms with Gasteiger partial charge in [-0.1, -0.05) is 5.11 Å². The van der Waals surface area contributed by atoms with E-state index < -0.39 is 18.0 Å². The summed E-state index contributed by atoms with van der Waals surface area (Å²) in [5, 5.41) is 23.2. The Labute approximate surface area is 101 Å². The second kappa shape index (κ2) is 5.05. The second-order valence-corrected chi connectivity index (χ2v) is 3.86. The highest BCUT2D eigenvalue weighted by molar-refractivity contribution is 5.83. The van der Waals surface area contributed by atoms with E-state index in [-0.39, 0.29) is 6.54 Å². The molecular weight excluding hydrogens is 239 g/mol. The number of benzene rings is 1. The molecule has 0 radical (unpaired) electrons. The van der Waals surface area contributed by atoms with E-state index in [9.17, 15) is 14.6 Å². The van der Waals surface area contributed by atoms with E-state index in [4.69, 9.17) is 5.53 Å². The van der Waals surface area contributed by atoms with Crippen LogP contribution in [-0.4, -0.2) is 27.8 Å². The summed E-state index contributed by atoms with van der Waals surface area (Å²) in [5.41, 5.74) is 9.17. The molecule has 0 spiro atoms. The van der Waals surface area contributed by atoms with Gasteiger partial charge < -0.3 is 15.2 Å². The molecule has 1 aromatic carbocycles. The van der Waals surface area contributed by atoms with Gasteiger partial charge in [0.1, 0.15) is 11.9 Å². The summed E-state index contributed by atoms with van der Waals surface area (Å²) in [6.07, 6.45) is -0.983. The lowest BCUT2D eigenvalue weighted by atomic mass is 10.0. The molecule has 0 bridgehead atoms. The lowest BCUT2D eigenvalue weighted by Crippen LogP contribution is -2.20. The van der Waals surface area contributed by atoms with Gasteiger partial charge in [-0.3, -0.25) is 0 Å². The summed E-state index contributed by atoms with van der Waals surface area (Å²) in [6.45, 7) is -0.250. The molecule has 0 aliphatic rings. The van der Waals surface area contributed by atoms with Crippen LogP contribution < -0.4 is 0 Å². The third-order valence-corrected chi connectivity index (χ3v) is 2.69. The van der Waals surface area contributed by atoms with E-state index >= 15 is 0 Å². The number of nitrogens with one attached hydrogen (secondary N) is 1. The van der Waals surface area contributed by atoms with Gasteiger partial charge in [-0.2, -0.15) is 0 Å². The van der Waals surface area contributed by atoms with Crippen molar-refractivity contribution in [1.82, 2.24) is 4.98 Å². The van der Waals surface area contributed by atoms with Crippen LogP contribution in [0.4, 0.5) is 4.39 Å². The van der Waals surface area contributed by atoms with E-state index in [1.807, 2.05) is 0 Å². The highest BCUT2D eigenvalue weighted by Crippen LogP contribution is 2.27. The fourth-order valence-corrected chi connectivity index (χ4v) is 1.79. The first-order chi connectivity index (χ1) is 8.63. The molecule has 7 heteroatoms. The molecule has 0 amide bonds. The number of aliphatic hydroxyl groups is 2. The van der Waals surface area contributed by atoms with Crippen LogP contribution in [0.3, 0.4) is 0 Å². The summed E-state index contributed by atoms with van der Waals surface area (Å²) in [5.74, 6) is -0.430. The standard InChI is InChI=1S/C11H11FN4O2/c12-6-1-2-9-7(3-6)8(4-14-9)11(18)10(17)5-15-16-13/h1-4,10-11,14,17-18H,5H2. The van der Waals surface area contributed by atoms with Crippen LogP contribution in [0.1, 0.15) is 11.7 Å². The topological polar surface area (TPSA) is 105 Å². The predicted molar refractivity (Wildman–Crippen MR) is 63.2 cm³/mol. The molecule has 0 saturated carbocycles. The summed E-state index contributed by atoms with van der Waals surface area (Å²) >= 11 is 0. The number of fused-ring (bicyclic) bond motifs is 1. The summed E-state index contributed by atoms with van der Waals surface area (Å²) in [7, 11) is 0. The minimum atomic E-state index is -1.24. The Hall–Kier alpha value is -2.08. The van der Waals surface area contributed by atoms with E-state index in [1.165, 1.54) is 18.3 Å². The maximum Gasteiger partial charge on any atom is 0.123 e. The van der Waals surface area contributed by atoms with Gasteiger partial charge in [0.2, 0.25) is 0 Å². The van der Waals surface area contributed by atoms with Gasteiger partial charge in [0, 0.05) is 27.6 Å². The number of azide groups is 1. The normalized spacial score (nSPS) is 14.2. The lowest BCUT2D eigenvalue weighted by Gasteiger charge is -2.15. The molecule has 2 atom stereocenters. The summed E-state index contributed by atoms with van der Waals surface area (Å²) in [6, 6.07) is 4.11. The first-order valence-electron chi connectivity index (χ1n) is 5.27. The van der Waals surface area contributed by atoms with Gasteiger partial charge in [0.25, 0.3) is 0 Å². The van der Waals surface area contributed by atoms with Crippen LogP contribution in [0.2, 0.25) is 0 Å². The zero-order valence-corrected chi connectivity index (χ0v) is 9.29. The van der Waals surface area contributed by atoms with Crippen molar-refractivity contribution in [2.75, 3.05) is 6.54 Å². The van der Waals surface area contributed by atoms with Crippen molar-refractivity contribution in [2.45, 2.75) is 12.2 Å². The molecule has 2 rings (SSSR count). The molecule has 0 aliphatic heterocycles. The first kappa shape index (κ1) is 12.4. The molecule has 1 heterocycles. The van der Waals surface area contributed by atoms with Crippen molar-refractivity contribution in [2.24, 2.45) is 5.11 Å². The Morgan fingerprint density at radius 3 is 2.94 bits per heavy atom. The van der Waals surface area contributed by atoms with Crippen molar-refractivity contribution in [3.05, 3.63) is 46.2 Å². The monoisotopic (exact) mass is 250 g/mol. The highest BCUT2D eigenvalue weighted by atomic mass is 19.1. The Bertz CT molecular complexity index is 606. The number of H-pyrrole nitrogens is 1. The van der Waals surface area contributed by atoms with Crippen LogP contribution in [-0.2, 0) is 0 Å². The van der Waals surface area contributed by atoms with Crippen LogP contribution in [0.25, 0.3) is 21.3 Å². The third-order valence-electron chi connectivity index (χ3n) is 2.69. The van der Waals surface area contributed by atoms with Crippen molar-refractivity contribution in [3.63, 3.8) is 0 Å². The summed E-state index contributed by atoms with van der Waals surface area (Å²) in [4.78, 5) is 5.37. The molecule has 3 N–H and O–H groups in total. The third kappa shape index (κ3) is 2.28. The Morgan fingerprint density at radius 1 is 1.44 bits per heavy atom. The minimum Gasteiger partial charge on any atom is -0.390 e. The summed E-state index contributed by atoms with van der Waals surface area (Å²) < 4.78 is 13.1. The maximum absolute atomic E-state index is 13.1. The number of halogens is 1. The van der Waals surface area contributed by atoms with Gasteiger partial charge in [0.15, 0.2) is 0 Å². The average Bonchev–Trinajstić information content (AvgIpc) is 2.77. The zero-order valence-electron chi connectivity index (χ0n) is 9.29. The van der Waals surface area contributed by atoms with Crippen molar-refractivity contribution in [3.8, 4) is 0 Å². The molecule has 0 fully saturated rings. The van der Waals surface area contributed by atoms with Gasteiger partial charge in [-0.15, -0.1) is 0 Å². The fourth-order valence-electron chi connectivity index (χ4n) is 1.79. The zero-order chi connectivity index (χ0) is 13.1. The largest absolute Gasteiger partial charge is 0.390 e. The number of aromatic nitrogens is 1. The van der Waals surface area contributed by atoms with Gasteiger partial charge in [-0.25, -0.2) is 4.39 Å². The van der Waals surface area contributed by atoms with E-state index in [2.05, 4.69) is 15.0 Å². The van der Waals surface area contributed by atoms with Crippen molar-refractivity contribution < 1.29 is 14.6 Å². The highest BCUT2D eigenvalue weighted by Gasteiger charge is 2.21. The second-order valence-electron chi connectivity index (χ2n) is 3.86. The van der Waals surface area contributed by atoms with Crippen LogP contribution in [0.15, 0.2) is 29.5 Å². The number of aliphatic hydroxyl groups excluding tert-OH is 2. The van der Waals surface area contributed by atoms with Gasteiger partial charge in [-0.05, 0) is 23.7 Å². The van der Waals surface area contributed by atoms with Crippen molar-refractivity contribution in [1.29, 1.82) is 0 Å². The molecule has 94 valence electrons. The Kier molecular flexibility index (Phi) is 3.47. The minimum absolute atomic E-state index is 0.250. The number of nitrogens with zero attached hydrogens (tertiary/aromatic N) is 3. The van der Waals surface area contributed by atoms with Gasteiger partial charge >= 0.3 is 0 Å². The van der Waals surface area contributed by atoms with Crippen molar-refractivity contribution >= 4 is 10.9 Å². The SMILES string of the molecule is [N-]=[N+]=NCC(O)C(O)c1c[nH]c2ccc(F)cc12. The van der Waals surface area contributed by atoms with E-state index in [1.54, 1.807) is 6.07 Å². The molecule has 6 nitrogen and oxygen atoms in total. The molecule has 0 aliphatic carbocycles. The first-order valence-corrected chi connectivity index (χ1v) is 5.27. The molecule has 0 saturated heterocycles. The van der Waals surface area contributed by atoms with Crippen LogP contribution in [0, 0.1) is 5.82 Å². The Morgan fingerprint density at radius 2 is 2.22 bits per heavy atom. The number of hydrogen-bond donors (Lipinski definition) is 3. The quantitative estimate of drug-likeness (QED) is 0.438. The van der Waals surface area contributed by atoms with Gasteiger partial charge in [0.05, 0.1) is 12.6 Å². The Balaban J connectivity index is 2.35. The smallest absolute Gasteiger partial charge is 0.123 e. The molecular formula is C11H11FN4O2. The number of rotatable bonds is 4. The van der Waals surface area contributed by atoms with E-state index in [0.717, 1.165) is 0 Å². The lowest BCUT2D eigenvalue weighted by molar-refractivity contribution is 0.0253. The maximum atomic E-state index is 13.1. The number of hydrogen-bond acceptors (Lipinski definition) is 3. The fraction of sp³-hybridized carbons (Fsp3) is 0.273. The van der Waals surface area contributed by atoms with Crippen LogP contribution >= 0.6 is 0 Å². The van der Waals surface area contributed by atoms with E-state index in [0.29, 0.717) is 16.5 Å².